The lowest BCUT2D eigenvalue weighted by atomic mass is 10.3. The summed E-state index contributed by atoms with van der Waals surface area (Å²) in [5.41, 5.74) is 1.80. The molecular weight excluding hydrogens is 192 g/mol. The van der Waals surface area contributed by atoms with Crippen molar-refractivity contribution in [2.75, 3.05) is 6.61 Å². The molecule has 0 bridgehead atoms. The van der Waals surface area contributed by atoms with Gasteiger partial charge in [0, 0.05) is 6.07 Å². The zero-order valence-electron chi connectivity index (χ0n) is 8.70. The third-order valence-corrected chi connectivity index (χ3v) is 2.14. The van der Waals surface area contributed by atoms with Crippen LogP contribution in [-0.4, -0.2) is 16.6 Å². The van der Waals surface area contributed by atoms with Crippen molar-refractivity contribution in [1.29, 1.82) is 0 Å². The fourth-order valence-electron chi connectivity index (χ4n) is 1.41. The Hall–Kier alpha value is -1.84. The average molecular weight is 204 g/mol. The predicted octanol–water partition coefficient (Wildman–Crippen LogP) is 1.63. The van der Waals surface area contributed by atoms with Crippen LogP contribution in [0, 0.1) is 6.92 Å². The van der Waals surface area contributed by atoms with Crippen molar-refractivity contribution in [3.63, 3.8) is 0 Å². The van der Waals surface area contributed by atoms with Gasteiger partial charge < -0.3 is 9.72 Å². The van der Waals surface area contributed by atoms with Crippen LogP contribution in [0.4, 0.5) is 0 Å². The van der Waals surface area contributed by atoms with Crippen LogP contribution in [-0.2, 0) is 0 Å². The maximum Gasteiger partial charge on any atom is 0.269 e. The fourth-order valence-corrected chi connectivity index (χ4v) is 1.41. The first-order valence-electron chi connectivity index (χ1n) is 4.84. The van der Waals surface area contributed by atoms with Crippen molar-refractivity contribution in [2.45, 2.75) is 13.8 Å². The van der Waals surface area contributed by atoms with E-state index < -0.39 is 0 Å². The highest BCUT2D eigenvalue weighted by molar-refractivity contribution is 5.75. The Balaban J connectivity index is 2.61. The number of rotatable bonds is 2. The van der Waals surface area contributed by atoms with Crippen molar-refractivity contribution in [3.05, 3.63) is 34.2 Å². The number of aryl methyl sites for hydroxylation is 1. The van der Waals surface area contributed by atoms with Gasteiger partial charge in [-0.15, -0.1) is 0 Å². The van der Waals surface area contributed by atoms with Crippen LogP contribution >= 0.6 is 0 Å². The maximum absolute atomic E-state index is 11.3. The van der Waals surface area contributed by atoms with E-state index >= 15 is 0 Å². The highest BCUT2D eigenvalue weighted by atomic mass is 16.5. The molecule has 0 saturated heterocycles. The minimum absolute atomic E-state index is 0.156. The number of hydrogen-bond donors (Lipinski definition) is 1. The average Bonchev–Trinajstić information content (AvgIpc) is 2.21. The Labute approximate surface area is 86.9 Å². The van der Waals surface area contributed by atoms with Gasteiger partial charge in [-0.1, -0.05) is 0 Å². The van der Waals surface area contributed by atoms with Crippen LogP contribution in [0.25, 0.3) is 11.0 Å². The van der Waals surface area contributed by atoms with Crippen LogP contribution in [0.1, 0.15) is 12.6 Å². The first-order chi connectivity index (χ1) is 7.20. The van der Waals surface area contributed by atoms with E-state index in [1.165, 1.54) is 0 Å². The largest absolute Gasteiger partial charge is 0.494 e. The van der Waals surface area contributed by atoms with E-state index in [1.54, 1.807) is 13.0 Å². The molecule has 2 rings (SSSR count). The Morgan fingerprint density at radius 2 is 2.27 bits per heavy atom. The van der Waals surface area contributed by atoms with E-state index in [2.05, 4.69) is 9.97 Å². The van der Waals surface area contributed by atoms with Gasteiger partial charge in [-0.05, 0) is 26.0 Å². The lowest BCUT2D eigenvalue weighted by Gasteiger charge is -2.04. The molecule has 0 aliphatic rings. The molecule has 0 radical (unpaired) electrons. The van der Waals surface area contributed by atoms with Crippen LogP contribution in [0.2, 0.25) is 0 Å². The van der Waals surface area contributed by atoms with E-state index in [0.717, 1.165) is 11.3 Å². The van der Waals surface area contributed by atoms with E-state index in [0.29, 0.717) is 17.8 Å². The summed E-state index contributed by atoms with van der Waals surface area (Å²) in [4.78, 5) is 18.3. The molecule has 1 heterocycles. The summed E-state index contributed by atoms with van der Waals surface area (Å²) >= 11 is 0. The second kappa shape index (κ2) is 3.73. The minimum atomic E-state index is -0.156. The number of fused-ring (bicyclic) bond motifs is 1. The molecule has 0 unspecified atom stereocenters. The summed E-state index contributed by atoms with van der Waals surface area (Å²) in [6.07, 6.45) is 0. The van der Waals surface area contributed by atoms with Gasteiger partial charge in [-0.2, -0.15) is 0 Å². The third-order valence-electron chi connectivity index (χ3n) is 2.14. The van der Waals surface area contributed by atoms with Gasteiger partial charge >= 0.3 is 0 Å². The lowest BCUT2D eigenvalue weighted by Crippen LogP contribution is -2.11. The fraction of sp³-hybridized carbons (Fsp3) is 0.273. The number of benzene rings is 1. The molecule has 0 aliphatic heterocycles. The molecule has 0 fully saturated rings. The van der Waals surface area contributed by atoms with E-state index in [1.807, 2.05) is 19.1 Å². The Bertz CT molecular complexity index is 546. The zero-order valence-corrected chi connectivity index (χ0v) is 8.70. The molecular formula is C11H12N2O2. The number of nitrogens with zero attached hydrogens (tertiary/aromatic N) is 1. The number of ether oxygens (including phenoxy) is 1. The molecule has 0 aliphatic carbocycles. The summed E-state index contributed by atoms with van der Waals surface area (Å²) in [6, 6.07) is 5.46. The van der Waals surface area contributed by atoms with E-state index in [4.69, 9.17) is 4.74 Å². The summed E-state index contributed by atoms with van der Waals surface area (Å²) in [7, 11) is 0. The Morgan fingerprint density at radius 3 is 3.00 bits per heavy atom. The van der Waals surface area contributed by atoms with Crippen molar-refractivity contribution < 1.29 is 4.74 Å². The quantitative estimate of drug-likeness (QED) is 0.808. The molecule has 4 heteroatoms. The number of H-pyrrole nitrogens is 1. The summed E-state index contributed by atoms with van der Waals surface area (Å²) < 4.78 is 5.33. The maximum atomic E-state index is 11.3. The van der Waals surface area contributed by atoms with Gasteiger partial charge in [-0.3, -0.25) is 4.79 Å². The number of hydrogen-bond acceptors (Lipinski definition) is 3. The number of aromatic amines is 1. The third kappa shape index (κ3) is 1.83. The molecule has 0 amide bonds. The summed E-state index contributed by atoms with van der Waals surface area (Å²) in [5.74, 6) is 0.742. The minimum Gasteiger partial charge on any atom is -0.494 e. The second-order valence-electron chi connectivity index (χ2n) is 3.26. The second-order valence-corrected chi connectivity index (χ2v) is 3.26. The molecule has 0 spiro atoms. The molecule has 1 N–H and O–H groups in total. The molecule has 0 saturated carbocycles. The highest BCUT2D eigenvalue weighted by Crippen LogP contribution is 2.16. The number of nitrogens with one attached hydrogen (secondary N) is 1. The highest BCUT2D eigenvalue weighted by Gasteiger charge is 2.01. The lowest BCUT2D eigenvalue weighted by molar-refractivity contribution is 0.340. The standard InChI is InChI=1S/C11H12N2O2/c1-3-15-8-4-5-9-10(6-8)13-11(14)7(2)12-9/h4-6H,3H2,1-2H3,(H,13,14). The van der Waals surface area contributed by atoms with Gasteiger partial charge in [0.2, 0.25) is 0 Å². The van der Waals surface area contributed by atoms with E-state index in [-0.39, 0.29) is 5.56 Å². The molecule has 1 aromatic heterocycles. The van der Waals surface area contributed by atoms with Gasteiger partial charge in [0.05, 0.1) is 17.6 Å². The van der Waals surface area contributed by atoms with Gasteiger partial charge in [0.1, 0.15) is 11.4 Å². The predicted molar refractivity (Wildman–Crippen MR) is 58.3 cm³/mol. The van der Waals surface area contributed by atoms with Crippen molar-refractivity contribution in [3.8, 4) is 5.75 Å². The molecule has 0 atom stereocenters. The van der Waals surface area contributed by atoms with Gasteiger partial charge in [-0.25, -0.2) is 4.98 Å². The monoisotopic (exact) mass is 204 g/mol. The summed E-state index contributed by atoms with van der Waals surface area (Å²) in [5, 5.41) is 0. The first kappa shape index (κ1) is 9.71. The zero-order chi connectivity index (χ0) is 10.8. The van der Waals surface area contributed by atoms with Gasteiger partial charge in [0.25, 0.3) is 5.56 Å². The molecule has 15 heavy (non-hydrogen) atoms. The molecule has 4 nitrogen and oxygen atoms in total. The van der Waals surface area contributed by atoms with Crippen LogP contribution in [0.5, 0.6) is 5.75 Å². The van der Waals surface area contributed by atoms with Crippen molar-refractivity contribution in [1.82, 2.24) is 9.97 Å². The summed E-state index contributed by atoms with van der Waals surface area (Å²) in [6.45, 7) is 4.21. The normalized spacial score (nSPS) is 10.5. The SMILES string of the molecule is CCOc1ccc2nc(C)c(=O)[nH]c2c1. The van der Waals surface area contributed by atoms with Crippen LogP contribution in [0.15, 0.2) is 23.0 Å². The molecule has 78 valence electrons. The Kier molecular flexibility index (Phi) is 2.41. The van der Waals surface area contributed by atoms with Gasteiger partial charge in [0.15, 0.2) is 0 Å². The van der Waals surface area contributed by atoms with E-state index in [9.17, 15) is 4.79 Å². The van der Waals surface area contributed by atoms with Crippen molar-refractivity contribution in [2.24, 2.45) is 0 Å². The molecule has 2 aromatic rings. The Morgan fingerprint density at radius 1 is 1.47 bits per heavy atom. The first-order valence-corrected chi connectivity index (χ1v) is 4.84. The van der Waals surface area contributed by atoms with Crippen molar-refractivity contribution >= 4 is 11.0 Å². The van der Waals surface area contributed by atoms with Crippen LogP contribution in [0.3, 0.4) is 0 Å². The smallest absolute Gasteiger partial charge is 0.269 e. The van der Waals surface area contributed by atoms with Crippen LogP contribution < -0.4 is 10.3 Å². The molecule has 1 aromatic carbocycles. The number of aromatic nitrogens is 2. The topological polar surface area (TPSA) is 55.0 Å².